The molecule has 4 aromatic heterocycles. The van der Waals surface area contributed by atoms with E-state index in [0.717, 1.165) is 78.1 Å². The molecule has 1 aliphatic heterocycles. The number of fused-ring (bicyclic) bond motifs is 13. The van der Waals surface area contributed by atoms with Crippen LogP contribution in [0.4, 0.5) is 11.4 Å². The first-order chi connectivity index (χ1) is 51.3. The molecule has 18 aromatic rings. The number of hydrogen-bond donors (Lipinski definition) is 0. The van der Waals surface area contributed by atoms with E-state index >= 15 is 0 Å². The number of aromatic nitrogens is 4. The predicted molar refractivity (Wildman–Crippen MR) is 446 cm³/mol. The van der Waals surface area contributed by atoms with Crippen molar-refractivity contribution in [3.8, 4) is 45.3 Å². The molecule has 19 rings (SSSR count). The van der Waals surface area contributed by atoms with Gasteiger partial charge in [-0.15, -0.1) is 0 Å². The predicted octanol–water partition coefficient (Wildman–Crippen LogP) is 23.0. The summed E-state index contributed by atoms with van der Waals surface area (Å²) in [6.07, 6.45) is 1.96. The van der Waals surface area contributed by atoms with E-state index in [9.17, 15) is 0 Å². The molecule has 0 atom stereocenters. The summed E-state index contributed by atoms with van der Waals surface area (Å²) in [4.78, 5) is 7.64. The second-order valence-corrected chi connectivity index (χ2v) is 38.2. The third-order valence-electron chi connectivity index (χ3n) is 22.0. The summed E-state index contributed by atoms with van der Waals surface area (Å²) in [5.41, 5.74) is 16.7. The van der Waals surface area contributed by atoms with Crippen LogP contribution in [0.1, 0.15) is 52.7 Å². The molecule has 504 valence electrons. The minimum absolute atomic E-state index is 0.0979. The van der Waals surface area contributed by atoms with E-state index in [1.807, 2.05) is 6.20 Å². The summed E-state index contributed by atoms with van der Waals surface area (Å²) < 4.78 is 20.4. The molecular formula is C98H77GeN5O. The topological polar surface area (TPSA) is 40.1 Å². The van der Waals surface area contributed by atoms with Crippen molar-refractivity contribution in [1.82, 2.24) is 18.7 Å². The minimum atomic E-state index is -3.55. The average molecular weight is 1410 g/mol. The first kappa shape index (κ1) is 63.7. The number of rotatable bonds is 11. The maximum absolute atomic E-state index is 7.45. The van der Waals surface area contributed by atoms with Gasteiger partial charge in [0.1, 0.15) is 17.3 Å². The van der Waals surface area contributed by atoms with E-state index in [-0.39, 0.29) is 10.8 Å². The van der Waals surface area contributed by atoms with Gasteiger partial charge in [-0.3, -0.25) is 4.57 Å². The van der Waals surface area contributed by atoms with Crippen LogP contribution in [0.25, 0.3) is 121 Å². The number of hydrogen-bond acceptors (Lipinski definition) is 3. The van der Waals surface area contributed by atoms with E-state index in [1.165, 1.54) is 88.5 Å². The van der Waals surface area contributed by atoms with Crippen LogP contribution >= 0.6 is 0 Å². The van der Waals surface area contributed by atoms with Gasteiger partial charge in [0.25, 0.3) is 0 Å². The Morgan fingerprint density at radius 2 is 0.810 bits per heavy atom. The molecule has 1 aliphatic rings. The summed E-state index contributed by atoms with van der Waals surface area (Å²) in [5.74, 6) is 2.29. The first-order valence-electron chi connectivity index (χ1n) is 36.6. The van der Waals surface area contributed by atoms with Gasteiger partial charge in [-0.25, -0.2) is 4.98 Å². The Bertz CT molecular complexity index is 6400. The van der Waals surface area contributed by atoms with Crippen LogP contribution in [0.2, 0.25) is 0 Å². The molecule has 0 unspecified atom stereocenters. The molecule has 14 aromatic carbocycles. The zero-order valence-corrected chi connectivity index (χ0v) is 61.9. The van der Waals surface area contributed by atoms with Crippen molar-refractivity contribution in [2.24, 2.45) is 0 Å². The third kappa shape index (κ3) is 10.6. The fourth-order valence-electron chi connectivity index (χ4n) is 17.1. The standard InChI is InChI=1S/C98H77GeN5O/c1-97(2,3)68-55-56-100-93(60-68)104-89-49-25-22-43-86(89)94-91(103-87-47-23-20-41-82(87)83-42-21-24-48-88(83)103)62-76(63-92(94)104)105-75-36-26-35-74(61-75)101-64-102-95-77(44-27-45-84(95)80-39-18-16-37-78(80)79-38-17-19-40-81(79)85-46-28-50-90(101)96(85)102)67-57-66(58-69(59-67)98(4,5)6)65-51-53-73(54-52-65)99(70-29-10-7-11-30-70,71-31-12-8-13-32-71)72-33-14-9-15-34-72/h7-63H,64H2,1-6H3. The summed E-state index contributed by atoms with van der Waals surface area (Å²) in [7, 11) is 0. The van der Waals surface area contributed by atoms with Gasteiger partial charge in [-0.2, -0.15) is 0 Å². The number of ether oxygens (including phenoxy) is 1. The quantitative estimate of drug-likeness (QED) is 0.121. The van der Waals surface area contributed by atoms with Gasteiger partial charge in [0.2, 0.25) is 0 Å². The molecule has 0 bridgehead atoms. The van der Waals surface area contributed by atoms with Crippen LogP contribution in [-0.4, -0.2) is 32.0 Å². The molecule has 5 heterocycles. The SMILES string of the molecule is CC(C)(C)c1cc(-c2cc[c]([Ge]([c]3ccccc3)([c]3ccccc3)[c]3ccccc3)cc2)cc(-c2cccc3c4ccccc4c4ccccc4c4cccc5c4n(c23)CN5c2cccc(Oc3cc(-n4c5ccccc5c5ccccc54)c4c5ccccc5n(-c5cc(C(C)(C)C)ccn5)c4c3)c2)c1. The van der Waals surface area contributed by atoms with Gasteiger partial charge in [-0.05, 0) is 70.3 Å². The fraction of sp³-hybridized carbons (Fsp3) is 0.0918. The fourth-order valence-corrected chi connectivity index (χ4v) is 27.0. The first-order valence-corrected chi connectivity index (χ1v) is 40.8. The van der Waals surface area contributed by atoms with Crippen molar-refractivity contribution in [2.45, 2.75) is 59.0 Å². The number of para-hydroxylation sites is 5. The second-order valence-electron chi connectivity index (χ2n) is 30.2. The van der Waals surface area contributed by atoms with Gasteiger partial charge in [0, 0.05) is 51.6 Å². The Balaban J connectivity index is 0.796. The number of anilines is 2. The average Bonchev–Trinajstić information content (AvgIpc) is 1.68. The molecule has 0 aliphatic carbocycles. The van der Waals surface area contributed by atoms with Crippen molar-refractivity contribution < 1.29 is 4.74 Å². The summed E-state index contributed by atoms with van der Waals surface area (Å²) in [6.45, 7) is 14.4. The van der Waals surface area contributed by atoms with E-state index in [1.54, 1.807) is 0 Å². The Morgan fingerprint density at radius 3 is 1.40 bits per heavy atom. The summed E-state index contributed by atoms with van der Waals surface area (Å²) in [6, 6.07) is 127. The van der Waals surface area contributed by atoms with Crippen molar-refractivity contribution in [3.63, 3.8) is 0 Å². The number of benzene rings is 14. The Morgan fingerprint density at radius 1 is 0.324 bits per heavy atom. The zero-order valence-electron chi connectivity index (χ0n) is 59.8. The molecule has 0 spiro atoms. The second kappa shape index (κ2) is 25.0. The number of pyridine rings is 1. The van der Waals surface area contributed by atoms with Crippen molar-refractivity contribution in [3.05, 3.63) is 357 Å². The van der Waals surface area contributed by atoms with Gasteiger partial charge in [-0.1, -0.05) is 136 Å². The Labute approximate surface area is 614 Å². The molecule has 0 fully saturated rings. The van der Waals surface area contributed by atoms with E-state index in [2.05, 4.69) is 400 Å². The molecule has 0 N–H and O–H groups in total. The van der Waals surface area contributed by atoms with Crippen LogP contribution < -0.4 is 27.2 Å². The van der Waals surface area contributed by atoms with Gasteiger partial charge in [0.05, 0.1) is 27.8 Å². The monoisotopic (exact) mass is 1410 g/mol. The van der Waals surface area contributed by atoms with Crippen LogP contribution in [0.5, 0.6) is 11.5 Å². The number of nitrogens with zero attached hydrogens (tertiary/aromatic N) is 5. The molecule has 0 saturated carbocycles. The molecular weight excluding hydrogens is 1340 g/mol. The molecule has 6 nitrogen and oxygen atoms in total. The molecule has 0 amide bonds. The van der Waals surface area contributed by atoms with Crippen LogP contribution in [0.15, 0.2) is 346 Å². The normalized spacial score (nSPS) is 12.6. The van der Waals surface area contributed by atoms with Gasteiger partial charge < -0.3 is 9.30 Å². The maximum atomic E-state index is 7.45. The van der Waals surface area contributed by atoms with Crippen LogP contribution in [-0.2, 0) is 17.5 Å². The Hall–Kier alpha value is -12.2. The van der Waals surface area contributed by atoms with Crippen molar-refractivity contribution in [2.75, 3.05) is 4.90 Å². The van der Waals surface area contributed by atoms with Crippen molar-refractivity contribution >= 4 is 129 Å². The molecule has 105 heavy (non-hydrogen) atoms. The van der Waals surface area contributed by atoms with Gasteiger partial charge in [0.15, 0.2) is 0 Å². The van der Waals surface area contributed by atoms with E-state index in [0.29, 0.717) is 12.4 Å². The van der Waals surface area contributed by atoms with Crippen LogP contribution in [0, 0.1) is 0 Å². The van der Waals surface area contributed by atoms with Crippen molar-refractivity contribution in [1.29, 1.82) is 0 Å². The molecule has 0 radical (unpaired) electrons. The molecule has 0 saturated heterocycles. The summed E-state index contributed by atoms with van der Waals surface area (Å²) in [5, 5.41) is 11.8. The van der Waals surface area contributed by atoms with Crippen LogP contribution in [0.3, 0.4) is 0 Å². The van der Waals surface area contributed by atoms with E-state index < -0.39 is 13.3 Å². The Kier molecular flexibility index (Phi) is 15.2. The third-order valence-corrected chi connectivity index (χ3v) is 32.1. The van der Waals surface area contributed by atoms with E-state index in [4.69, 9.17) is 9.72 Å². The molecule has 7 heteroatoms. The summed E-state index contributed by atoms with van der Waals surface area (Å²) >= 11 is -3.55. The van der Waals surface area contributed by atoms with Gasteiger partial charge >= 0.3 is 297 Å². The zero-order chi connectivity index (χ0) is 70.7.